The SMILES string of the molecule is O=C(NCc1ccccn1)N[C@@H]1CCCN(c2ncccn2)C1. The predicted octanol–water partition coefficient (Wildman–Crippen LogP) is 1.34. The Bertz CT molecular complexity index is 621. The number of amides is 2. The van der Waals surface area contributed by atoms with Crippen LogP contribution in [-0.4, -0.2) is 40.1 Å². The number of aromatic nitrogens is 3. The summed E-state index contributed by atoms with van der Waals surface area (Å²) in [6, 6.07) is 7.36. The Hall–Kier alpha value is -2.70. The number of nitrogens with zero attached hydrogens (tertiary/aromatic N) is 4. The smallest absolute Gasteiger partial charge is 0.315 e. The standard InChI is InChI=1S/C16H20N6O/c23-16(20-11-13-5-1-2-7-17-13)21-14-6-3-10-22(12-14)15-18-8-4-9-19-15/h1-2,4-5,7-9,14H,3,6,10-12H2,(H2,20,21,23)/t14-/m1/s1. The highest BCUT2D eigenvalue weighted by Gasteiger charge is 2.22. The van der Waals surface area contributed by atoms with Crippen LogP contribution in [0.4, 0.5) is 10.7 Å². The van der Waals surface area contributed by atoms with Crippen LogP contribution in [0.25, 0.3) is 0 Å². The third-order valence-electron chi connectivity index (χ3n) is 3.75. The van der Waals surface area contributed by atoms with Crippen molar-refractivity contribution in [1.82, 2.24) is 25.6 Å². The van der Waals surface area contributed by atoms with Gasteiger partial charge in [-0.15, -0.1) is 0 Å². The Morgan fingerprint density at radius 3 is 2.78 bits per heavy atom. The van der Waals surface area contributed by atoms with Gasteiger partial charge in [0.25, 0.3) is 0 Å². The van der Waals surface area contributed by atoms with E-state index in [1.165, 1.54) is 0 Å². The lowest BCUT2D eigenvalue weighted by molar-refractivity contribution is 0.234. The van der Waals surface area contributed by atoms with Crippen molar-refractivity contribution in [3.63, 3.8) is 0 Å². The lowest BCUT2D eigenvalue weighted by Crippen LogP contribution is -2.50. The lowest BCUT2D eigenvalue weighted by Gasteiger charge is -2.33. The monoisotopic (exact) mass is 312 g/mol. The van der Waals surface area contributed by atoms with Crippen LogP contribution in [0.2, 0.25) is 0 Å². The first-order chi connectivity index (χ1) is 11.3. The van der Waals surface area contributed by atoms with Gasteiger partial charge in [0.2, 0.25) is 5.95 Å². The molecule has 2 aromatic rings. The number of nitrogens with one attached hydrogen (secondary N) is 2. The van der Waals surface area contributed by atoms with Crippen molar-refractivity contribution < 1.29 is 4.79 Å². The molecule has 1 aliphatic rings. The van der Waals surface area contributed by atoms with Crippen molar-refractivity contribution in [3.05, 3.63) is 48.5 Å². The molecule has 7 heteroatoms. The van der Waals surface area contributed by atoms with Gasteiger partial charge < -0.3 is 15.5 Å². The molecule has 3 heterocycles. The summed E-state index contributed by atoms with van der Waals surface area (Å²) in [7, 11) is 0. The highest BCUT2D eigenvalue weighted by Crippen LogP contribution is 2.15. The fourth-order valence-corrected chi connectivity index (χ4v) is 2.64. The predicted molar refractivity (Wildman–Crippen MR) is 86.9 cm³/mol. The second-order valence-corrected chi connectivity index (χ2v) is 5.48. The van der Waals surface area contributed by atoms with Gasteiger partial charge in [-0.05, 0) is 31.0 Å². The minimum absolute atomic E-state index is 0.0938. The van der Waals surface area contributed by atoms with Gasteiger partial charge in [-0.1, -0.05) is 6.07 Å². The molecule has 3 rings (SSSR count). The van der Waals surface area contributed by atoms with Crippen LogP contribution in [0, 0.1) is 0 Å². The van der Waals surface area contributed by atoms with Crippen molar-refractivity contribution >= 4 is 12.0 Å². The molecule has 1 atom stereocenters. The zero-order valence-electron chi connectivity index (χ0n) is 12.9. The summed E-state index contributed by atoms with van der Waals surface area (Å²) in [4.78, 5) is 26.9. The normalized spacial score (nSPS) is 17.6. The molecule has 1 saturated heterocycles. The van der Waals surface area contributed by atoms with Crippen LogP contribution in [0.5, 0.6) is 0 Å². The summed E-state index contributed by atoms with van der Waals surface area (Å²) in [5, 5.41) is 5.85. The summed E-state index contributed by atoms with van der Waals surface area (Å²) in [5.41, 5.74) is 0.839. The molecular formula is C16H20N6O. The number of hydrogen-bond acceptors (Lipinski definition) is 5. The molecule has 1 fully saturated rings. The van der Waals surface area contributed by atoms with E-state index in [0.29, 0.717) is 12.5 Å². The van der Waals surface area contributed by atoms with E-state index in [9.17, 15) is 4.79 Å². The minimum Gasteiger partial charge on any atom is -0.339 e. The Morgan fingerprint density at radius 1 is 1.17 bits per heavy atom. The molecule has 23 heavy (non-hydrogen) atoms. The van der Waals surface area contributed by atoms with Gasteiger partial charge in [-0.25, -0.2) is 14.8 Å². The van der Waals surface area contributed by atoms with Crippen LogP contribution in [-0.2, 0) is 6.54 Å². The molecule has 2 amide bonds. The van der Waals surface area contributed by atoms with Crippen LogP contribution in [0.3, 0.4) is 0 Å². The first-order valence-electron chi connectivity index (χ1n) is 7.77. The number of pyridine rings is 1. The molecule has 0 saturated carbocycles. The number of anilines is 1. The van der Waals surface area contributed by atoms with Crippen LogP contribution in [0.15, 0.2) is 42.9 Å². The zero-order chi connectivity index (χ0) is 15.9. The van der Waals surface area contributed by atoms with E-state index in [4.69, 9.17) is 0 Å². The maximum Gasteiger partial charge on any atom is 0.315 e. The Labute approximate surface area is 135 Å². The molecular weight excluding hydrogens is 292 g/mol. The van der Waals surface area contributed by atoms with Gasteiger partial charge >= 0.3 is 6.03 Å². The lowest BCUT2D eigenvalue weighted by atomic mass is 10.1. The number of rotatable bonds is 4. The van der Waals surface area contributed by atoms with Crippen molar-refractivity contribution in [2.75, 3.05) is 18.0 Å². The largest absolute Gasteiger partial charge is 0.339 e. The first-order valence-corrected chi connectivity index (χ1v) is 7.77. The third kappa shape index (κ3) is 4.38. The van der Waals surface area contributed by atoms with Crippen LogP contribution >= 0.6 is 0 Å². The summed E-state index contributed by atoms with van der Waals surface area (Å²) >= 11 is 0. The van der Waals surface area contributed by atoms with E-state index in [2.05, 4.69) is 30.5 Å². The average Bonchev–Trinajstić information content (AvgIpc) is 2.62. The molecule has 1 aliphatic heterocycles. The molecule has 120 valence electrons. The summed E-state index contributed by atoms with van der Waals surface area (Å²) in [6.07, 6.45) is 7.15. The highest BCUT2D eigenvalue weighted by atomic mass is 16.2. The van der Waals surface area contributed by atoms with E-state index in [1.54, 1.807) is 24.7 Å². The minimum atomic E-state index is -0.170. The number of carbonyl (C=O) groups excluding carboxylic acids is 1. The fourth-order valence-electron chi connectivity index (χ4n) is 2.64. The maximum atomic E-state index is 12.0. The number of piperidine rings is 1. The van der Waals surface area contributed by atoms with E-state index >= 15 is 0 Å². The van der Waals surface area contributed by atoms with Gasteiger partial charge in [0, 0.05) is 37.7 Å². The van der Waals surface area contributed by atoms with Crippen LogP contribution in [0.1, 0.15) is 18.5 Å². The van der Waals surface area contributed by atoms with Crippen molar-refractivity contribution in [2.45, 2.75) is 25.4 Å². The number of carbonyl (C=O) groups is 1. The molecule has 2 aromatic heterocycles. The summed E-state index contributed by atoms with van der Waals surface area (Å²) in [6.45, 7) is 2.06. The van der Waals surface area contributed by atoms with Gasteiger partial charge in [0.05, 0.1) is 12.2 Å². The number of urea groups is 1. The Morgan fingerprint density at radius 2 is 2.00 bits per heavy atom. The van der Waals surface area contributed by atoms with Crippen molar-refractivity contribution in [1.29, 1.82) is 0 Å². The second-order valence-electron chi connectivity index (χ2n) is 5.48. The van der Waals surface area contributed by atoms with E-state index in [0.717, 1.165) is 31.6 Å². The fraction of sp³-hybridized carbons (Fsp3) is 0.375. The first kappa shape index (κ1) is 15.2. The highest BCUT2D eigenvalue weighted by molar-refractivity contribution is 5.74. The quantitative estimate of drug-likeness (QED) is 0.890. The third-order valence-corrected chi connectivity index (χ3v) is 3.75. The molecule has 0 radical (unpaired) electrons. The molecule has 7 nitrogen and oxygen atoms in total. The van der Waals surface area contributed by atoms with Gasteiger partial charge in [-0.2, -0.15) is 0 Å². The molecule has 0 aromatic carbocycles. The van der Waals surface area contributed by atoms with E-state index in [1.807, 2.05) is 18.2 Å². The Balaban J connectivity index is 1.48. The van der Waals surface area contributed by atoms with Crippen molar-refractivity contribution in [3.8, 4) is 0 Å². The molecule has 0 bridgehead atoms. The molecule has 2 N–H and O–H groups in total. The molecule has 0 aliphatic carbocycles. The average molecular weight is 312 g/mol. The van der Waals surface area contributed by atoms with Crippen molar-refractivity contribution in [2.24, 2.45) is 0 Å². The van der Waals surface area contributed by atoms with Gasteiger partial charge in [-0.3, -0.25) is 4.98 Å². The van der Waals surface area contributed by atoms with E-state index in [-0.39, 0.29) is 12.1 Å². The van der Waals surface area contributed by atoms with Gasteiger partial charge in [0.1, 0.15) is 0 Å². The van der Waals surface area contributed by atoms with Crippen LogP contribution < -0.4 is 15.5 Å². The van der Waals surface area contributed by atoms with E-state index < -0.39 is 0 Å². The Kier molecular flexibility index (Phi) is 4.98. The maximum absolute atomic E-state index is 12.0. The molecule has 0 spiro atoms. The topological polar surface area (TPSA) is 83.0 Å². The number of hydrogen-bond donors (Lipinski definition) is 2. The summed E-state index contributed by atoms with van der Waals surface area (Å²) in [5.74, 6) is 0.716. The summed E-state index contributed by atoms with van der Waals surface area (Å²) < 4.78 is 0. The second kappa shape index (κ2) is 7.53. The van der Waals surface area contributed by atoms with Gasteiger partial charge in [0.15, 0.2) is 0 Å². The molecule has 0 unspecified atom stereocenters. The zero-order valence-corrected chi connectivity index (χ0v) is 12.9.